The lowest BCUT2D eigenvalue weighted by Gasteiger charge is -1.95. The van der Waals surface area contributed by atoms with Gasteiger partial charge in [0, 0.05) is 11.8 Å². The molecule has 0 fully saturated rings. The van der Waals surface area contributed by atoms with Crippen LogP contribution in [0.3, 0.4) is 0 Å². The van der Waals surface area contributed by atoms with Crippen LogP contribution in [0.25, 0.3) is 6.08 Å². The topological polar surface area (TPSA) is 53.8 Å². The molecule has 1 aliphatic rings. The lowest BCUT2D eigenvalue weighted by atomic mass is 10.1. The third-order valence-electron chi connectivity index (χ3n) is 3.10. The molecule has 0 spiro atoms. The van der Waals surface area contributed by atoms with Gasteiger partial charge in [0.2, 0.25) is 0 Å². The Balaban J connectivity index is 1.76. The number of carbonyl (C=O) groups excluding carboxylic acids is 1. The van der Waals surface area contributed by atoms with Crippen molar-refractivity contribution in [1.29, 1.82) is 0 Å². The fraction of sp³-hybridized carbons (Fsp3) is 0. The Morgan fingerprint density at radius 2 is 1.91 bits per heavy atom. The number of amides is 1. The Labute approximate surface area is 126 Å². The second-order valence-electron chi connectivity index (χ2n) is 4.63. The zero-order valence-electron chi connectivity index (χ0n) is 11.5. The molecule has 0 bridgehead atoms. The lowest BCUT2D eigenvalue weighted by molar-refractivity contribution is -0.110. The number of carbonyl (C=O) groups is 1. The van der Waals surface area contributed by atoms with Crippen LogP contribution >= 0.6 is 0 Å². The maximum atomic E-state index is 13.2. The van der Waals surface area contributed by atoms with Crippen molar-refractivity contribution in [3.8, 4) is 0 Å². The number of nitrogens with zero attached hydrogens (tertiary/aromatic N) is 2. The van der Waals surface area contributed by atoms with Gasteiger partial charge in [0.05, 0.1) is 5.69 Å². The van der Waals surface area contributed by atoms with E-state index < -0.39 is 5.82 Å². The molecule has 5 heteroatoms. The maximum absolute atomic E-state index is 13.2. The molecule has 0 unspecified atom stereocenters. The molecule has 1 aliphatic heterocycles. The summed E-state index contributed by atoms with van der Waals surface area (Å²) in [4.78, 5) is 11.8. The first-order valence-electron chi connectivity index (χ1n) is 6.68. The van der Waals surface area contributed by atoms with Crippen molar-refractivity contribution in [1.82, 2.24) is 0 Å². The summed E-state index contributed by atoms with van der Waals surface area (Å²) in [5.74, 6) is -0.805. The summed E-state index contributed by atoms with van der Waals surface area (Å²) in [5.41, 5.74) is 2.11. The highest BCUT2D eigenvalue weighted by molar-refractivity contribution is 6.53. The number of benzene rings is 2. The van der Waals surface area contributed by atoms with Crippen molar-refractivity contribution in [3.63, 3.8) is 0 Å². The largest absolute Gasteiger partial charge is 0.320 e. The van der Waals surface area contributed by atoms with Gasteiger partial charge >= 0.3 is 0 Å². The Morgan fingerprint density at radius 3 is 2.73 bits per heavy atom. The van der Waals surface area contributed by atoms with Crippen LogP contribution in [0.4, 0.5) is 10.1 Å². The van der Waals surface area contributed by atoms with Crippen LogP contribution in [0.2, 0.25) is 0 Å². The number of halogens is 1. The highest BCUT2D eigenvalue weighted by Crippen LogP contribution is 2.24. The molecule has 1 N–H and O–H groups in total. The Kier molecular flexibility index (Phi) is 3.87. The molecule has 108 valence electrons. The Hall–Kier alpha value is -3.08. The molecule has 0 aromatic heterocycles. The quantitative estimate of drug-likeness (QED) is 0.685. The van der Waals surface area contributed by atoms with Gasteiger partial charge < -0.3 is 5.32 Å². The van der Waals surface area contributed by atoms with E-state index in [-0.39, 0.29) is 11.6 Å². The van der Waals surface area contributed by atoms with E-state index in [1.165, 1.54) is 24.4 Å². The van der Waals surface area contributed by atoms with E-state index in [1.54, 1.807) is 6.08 Å². The Bertz CT molecular complexity index is 795. The monoisotopic (exact) mass is 293 g/mol. The highest BCUT2D eigenvalue weighted by atomic mass is 19.1. The summed E-state index contributed by atoms with van der Waals surface area (Å²) in [6.45, 7) is 0. The number of hydrogen-bond donors (Lipinski definition) is 1. The fourth-order valence-electron chi connectivity index (χ4n) is 2.07. The average Bonchev–Trinajstić information content (AvgIpc) is 2.83. The van der Waals surface area contributed by atoms with Crippen molar-refractivity contribution in [2.75, 3.05) is 5.32 Å². The van der Waals surface area contributed by atoms with Gasteiger partial charge in [-0.1, -0.05) is 36.4 Å². The van der Waals surface area contributed by atoms with Crippen molar-refractivity contribution < 1.29 is 9.18 Å². The minimum Gasteiger partial charge on any atom is -0.320 e. The average molecular weight is 293 g/mol. The van der Waals surface area contributed by atoms with Gasteiger partial charge in [-0.2, -0.15) is 5.10 Å². The van der Waals surface area contributed by atoms with Crippen molar-refractivity contribution in [3.05, 3.63) is 71.6 Å². The van der Waals surface area contributed by atoms with Crippen molar-refractivity contribution in [2.45, 2.75) is 0 Å². The van der Waals surface area contributed by atoms with Crippen molar-refractivity contribution >= 4 is 29.6 Å². The number of allylic oxidation sites excluding steroid dienone is 1. The molecule has 0 saturated carbocycles. The van der Waals surface area contributed by atoms with Gasteiger partial charge in [0.15, 0.2) is 5.71 Å². The number of fused-ring (bicyclic) bond motifs is 1. The molecule has 1 heterocycles. The first kappa shape index (κ1) is 13.9. The summed E-state index contributed by atoms with van der Waals surface area (Å²) in [6, 6.07) is 13.8. The van der Waals surface area contributed by atoms with Crippen LogP contribution in [0.5, 0.6) is 0 Å². The van der Waals surface area contributed by atoms with Crippen molar-refractivity contribution in [2.24, 2.45) is 10.2 Å². The first-order valence-corrected chi connectivity index (χ1v) is 6.68. The molecule has 3 rings (SSSR count). The van der Waals surface area contributed by atoms with E-state index in [2.05, 4.69) is 15.5 Å². The van der Waals surface area contributed by atoms with Gasteiger partial charge in [0.1, 0.15) is 5.82 Å². The molecule has 4 nitrogen and oxygen atoms in total. The molecule has 0 aliphatic carbocycles. The zero-order valence-corrected chi connectivity index (χ0v) is 11.5. The number of hydrogen-bond acceptors (Lipinski definition) is 3. The highest BCUT2D eigenvalue weighted by Gasteiger charge is 2.26. The minimum atomic E-state index is -0.420. The van der Waals surface area contributed by atoms with E-state index in [9.17, 15) is 9.18 Å². The second kappa shape index (κ2) is 6.13. The molecule has 2 aromatic rings. The van der Waals surface area contributed by atoms with Crippen LogP contribution in [-0.2, 0) is 4.79 Å². The third kappa shape index (κ3) is 2.98. The number of nitrogens with one attached hydrogen (secondary N) is 1. The molecule has 0 atom stereocenters. The van der Waals surface area contributed by atoms with Crippen LogP contribution in [0, 0.1) is 5.82 Å². The minimum absolute atomic E-state index is 0.110. The molecule has 2 aromatic carbocycles. The van der Waals surface area contributed by atoms with E-state index >= 15 is 0 Å². The van der Waals surface area contributed by atoms with Crippen LogP contribution < -0.4 is 5.32 Å². The fourth-order valence-corrected chi connectivity index (χ4v) is 2.07. The molecule has 22 heavy (non-hydrogen) atoms. The van der Waals surface area contributed by atoms with Gasteiger partial charge in [-0.3, -0.25) is 4.79 Å². The maximum Gasteiger partial charge on any atom is 0.276 e. The normalized spacial score (nSPS) is 15.7. The smallest absolute Gasteiger partial charge is 0.276 e. The van der Waals surface area contributed by atoms with Gasteiger partial charge in [-0.05, 0) is 29.8 Å². The third-order valence-corrected chi connectivity index (χ3v) is 3.10. The predicted octanol–water partition coefficient (Wildman–Crippen LogP) is 3.27. The van der Waals surface area contributed by atoms with E-state index in [1.807, 2.05) is 36.4 Å². The summed E-state index contributed by atoms with van der Waals surface area (Å²) in [5, 5.41) is 10.3. The van der Waals surface area contributed by atoms with Crippen LogP contribution in [0.1, 0.15) is 11.1 Å². The van der Waals surface area contributed by atoms with Crippen LogP contribution in [0.15, 0.2) is 64.8 Å². The molecule has 1 amide bonds. The summed E-state index contributed by atoms with van der Waals surface area (Å²) in [6.07, 6.45) is 5.06. The molecular weight excluding hydrogens is 281 g/mol. The molecular formula is C17H12FN3O. The zero-order chi connectivity index (χ0) is 15.4. The summed E-state index contributed by atoms with van der Waals surface area (Å²) >= 11 is 0. The predicted molar refractivity (Wildman–Crippen MR) is 85.5 cm³/mol. The summed E-state index contributed by atoms with van der Waals surface area (Å²) in [7, 11) is 0. The standard InChI is InChI=1S/C17H12FN3O/c18-13-8-9-15-14(11-13)16(17(22)20-15)21-19-10-4-7-12-5-2-1-3-6-12/h1-11H,(H,20,21,22). The number of anilines is 1. The number of rotatable bonds is 3. The van der Waals surface area contributed by atoms with E-state index in [0.29, 0.717) is 11.3 Å². The lowest BCUT2D eigenvalue weighted by Crippen LogP contribution is -2.13. The van der Waals surface area contributed by atoms with E-state index in [0.717, 1.165) is 5.56 Å². The summed E-state index contributed by atoms with van der Waals surface area (Å²) < 4.78 is 13.2. The SMILES string of the molecule is O=C1Nc2ccc(F)cc2/C1=N/N=CC=Cc1ccccc1. The van der Waals surface area contributed by atoms with Gasteiger partial charge in [-0.25, -0.2) is 4.39 Å². The van der Waals surface area contributed by atoms with Gasteiger partial charge in [0.25, 0.3) is 5.91 Å². The second-order valence-corrected chi connectivity index (χ2v) is 4.63. The Morgan fingerprint density at radius 1 is 1.09 bits per heavy atom. The van der Waals surface area contributed by atoms with Gasteiger partial charge in [-0.15, -0.1) is 5.10 Å². The first-order chi connectivity index (χ1) is 10.7. The molecule has 0 saturated heterocycles. The molecule has 0 radical (unpaired) electrons. The van der Waals surface area contributed by atoms with E-state index in [4.69, 9.17) is 0 Å². The van der Waals surface area contributed by atoms with Crippen LogP contribution in [-0.4, -0.2) is 17.8 Å².